The Balaban J connectivity index is 2.16. The summed E-state index contributed by atoms with van der Waals surface area (Å²) in [5.41, 5.74) is 1.35. The third kappa shape index (κ3) is 3.96. The molecular weight excluding hydrogens is 288 g/mol. The van der Waals surface area contributed by atoms with E-state index < -0.39 is 5.97 Å². The molecule has 1 saturated heterocycles. The first kappa shape index (κ1) is 15.8. The molecule has 0 spiro atoms. The van der Waals surface area contributed by atoms with Gasteiger partial charge < -0.3 is 9.47 Å². The Labute approximate surface area is 128 Å². The minimum Gasteiger partial charge on any atom is -0.462 e. The number of ether oxygens (including phenoxy) is 2. The van der Waals surface area contributed by atoms with E-state index in [1.54, 1.807) is 19.9 Å². The highest BCUT2D eigenvalue weighted by Gasteiger charge is 2.19. The van der Waals surface area contributed by atoms with E-state index in [2.05, 4.69) is 11.1 Å². The molecule has 0 N–H and O–H groups in total. The Morgan fingerprint density at radius 2 is 2.48 bits per heavy atom. The molecule has 0 bridgehead atoms. The molecule has 0 saturated carbocycles. The molecule has 0 aliphatic carbocycles. The Morgan fingerprint density at radius 3 is 3.10 bits per heavy atom. The minimum atomic E-state index is -0.435. The molecule has 1 aliphatic heterocycles. The third-order valence-corrected chi connectivity index (χ3v) is 4.35. The van der Waals surface area contributed by atoms with Crippen molar-refractivity contribution in [3.05, 3.63) is 22.9 Å². The molecular formula is C15H18N2O3S. The van der Waals surface area contributed by atoms with Gasteiger partial charge in [0.2, 0.25) is 0 Å². The molecule has 1 aromatic rings. The summed E-state index contributed by atoms with van der Waals surface area (Å²) >= 11 is 1.51. The predicted octanol–water partition coefficient (Wildman–Crippen LogP) is 2.71. The van der Waals surface area contributed by atoms with Crippen LogP contribution in [0, 0.1) is 18.3 Å². The molecule has 6 heteroatoms. The van der Waals surface area contributed by atoms with E-state index in [0.29, 0.717) is 28.5 Å². The average molecular weight is 306 g/mol. The second-order valence-corrected chi connectivity index (χ2v) is 5.76. The molecule has 2 heterocycles. The Hall–Kier alpha value is -1.58. The second-order valence-electron chi connectivity index (χ2n) is 4.75. The van der Waals surface area contributed by atoms with E-state index in [-0.39, 0.29) is 6.10 Å². The number of rotatable bonds is 5. The zero-order valence-electron chi connectivity index (χ0n) is 12.2. The van der Waals surface area contributed by atoms with Crippen molar-refractivity contribution in [2.24, 2.45) is 0 Å². The van der Waals surface area contributed by atoms with Crippen LogP contribution in [0.25, 0.3) is 0 Å². The van der Waals surface area contributed by atoms with Gasteiger partial charge in [-0.15, -0.1) is 11.8 Å². The largest absolute Gasteiger partial charge is 0.462 e. The average Bonchev–Trinajstić information content (AvgIpc) is 2.98. The molecule has 1 atom stereocenters. The highest BCUT2D eigenvalue weighted by atomic mass is 32.2. The first-order valence-corrected chi connectivity index (χ1v) is 7.97. The number of thioether (sulfide) groups is 1. The lowest BCUT2D eigenvalue weighted by molar-refractivity contribution is 0.0524. The zero-order valence-corrected chi connectivity index (χ0v) is 13.0. The quantitative estimate of drug-likeness (QED) is 0.615. The molecule has 0 amide bonds. The van der Waals surface area contributed by atoms with Gasteiger partial charge in [0.25, 0.3) is 0 Å². The standard InChI is InChI=1S/C15H18N2O3S/c1-3-19-15(18)13-7-11(8-16)14(17-10(13)2)21-9-12-5-4-6-20-12/h7,12H,3-6,9H2,1-2H3. The fourth-order valence-electron chi connectivity index (χ4n) is 2.14. The predicted molar refractivity (Wildman–Crippen MR) is 79.3 cm³/mol. The number of carbonyl (C=O) groups is 1. The van der Waals surface area contributed by atoms with Gasteiger partial charge in [0.15, 0.2) is 0 Å². The van der Waals surface area contributed by atoms with Crippen LogP contribution in [0.5, 0.6) is 0 Å². The van der Waals surface area contributed by atoms with Crippen LogP contribution in [0.2, 0.25) is 0 Å². The molecule has 0 radical (unpaired) electrons. The lowest BCUT2D eigenvalue weighted by Crippen LogP contribution is -2.11. The Kier molecular flexibility index (Phi) is 5.59. The Morgan fingerprint density at radius 1 is 1.67 bits per heavy atom. The van der Waals surface area contributed by atoms with Crippen molar-refractivity contribution in [1.82, 2.24) is 4.98 Å². The van der Waals surface area contributed by atoms with Crippen molar-refractivity contribution in [2.45, 2.75) is 37.8 Å². The topological polar surface area (TPSA) is 72.2 Å². The molecule has 2 rings (SSSR count). The van der Waals surface area contributed by atoms with Gasteiger partial charge >= 0.3 is 5.97 Å². The molecule has 1 fully saturated rings. The van der Waals surface area contributed by atoms with E-state index in [4.69, 9.17) is 9.47 Å². The van der Waals surface area contributed by atoms with Gasteiger partial charge in [0, 0.05) is 12.4 Å². The number of hydrogen-bond acceptors (Lipinski definition) is 6. The monoisotopic (exact) mass is 306 g/mol. The van der Waals surface area contributed by atoms with E-state index >= 15 is 0 Å². The van der Waals surface area contributed by atoms with Crippen LogP contribution in [0.4, 0.5) is 0 Å². The van der Waals surface area contributed by atoms with E-state index in [1.165, 1.54) is 11.8 Å². The molecule has 0 aromatic carbocycles. The summed E-state index contributed by atoms with van der Waals surface area (Å²) in [4.78, 5) is 16.2. The minimum absolute atomic E-state index is 0.230. The summed E-state index contributed by atoms with van der Waals surface area (Å²) in [6, 6.07) is 3.67. The van der Waals surface area contributed by atoms with Crippen molar-refractivity contribution >= 4 is 17.7 Å². The van der Waals surface area contributed by atoms with Crippen LogP contribution in [0.1, 0.15) is 41.4 Å². The van der Waals surface area contributed by atoms with Crippen molar-refractivity contribution in [1.29, 1.82) is 5.26 Å². The Bertz CT molecular complexity index is 563. The number of aryl methyl sites for hydroxylation is 1. The SMILES string of the molecule is CCOC(=O)c1cc(C#N)c(SCC2CCCO2)nc1C. The highest BCUT2D eigenvalue weighted by Crippen LogP contribution is 2.26. The lowest BCUT2D eigenvalue weighted by atomic mass is 10.1. The van der Waals surface area contributed by atoms with Crippen molar-refractivity contribution in [2.75, 3.05) is 19.0 Å². The normalized spacial score (nSPS) is 17.5. The van der Waals surface area contributed by atoms with Crippen LogP contribution in [0.3, 0.4) is 0 Å². The number of hydrogen-bond donors (Lipinski definition) is 0. The maximum absolute atomic E-state index is 11.8. The van der Waals surface area contributed by atoms with E-state index in [9.17, 15) is 10.1 Å². The van der Waals surface area contributed by atoms with Crippen molar-refractivity contribution in [3.63, 3.8) is 0 Å². The van der Waals surface area contributed by atoms with Gasteiger partial charge in [0.1, 0.15) is 11.1 Å². The van der Waals surface area contributed by atoms with Crippen LogP contribution < -0.4 is 0 Å². The maximum atomic E-state index is 11.8. The van der Waals surface area contributed by atoms with Crippen LogP contribution in [0.15, 0.2) is 11.1 Å². The van der Waals surface area contributed by atoms with Gasteiger partial charge in [-0.25, -0.2) is 9.78 Å². The molecule has 112 valence electrons. The fraction of sp³-hybridized carbons (Fsp3) is 0.533. The molecule has 1 aromatic heterocycles. The number of aromatic nitrogens is 1. The number of pyridine rings is 1. The lowest BCUT2D eigenvalue weighted by Gasteiger charge is -2.11. The number of nitrogens with zero attached hydrogens (tertiary/aromatic N) is 2. The van der Waals surface area contributed by atoms with Gasteiger partial charge in [-0.1, -0.05) is 0 Å². The second kappa shape index (κ2) is 7.43. The summed E-state index contributed by atoms with van der Waals surface area (Å²) < 4.78 is 10.5. The summed E-state index contributed by atoms with van der Waals surface area (Å²) in [5, 5.41) is 9.90. The number of nitriles is 1. The van der Waals surface area contributed by atoms with E-state index in [1.807, 2.05) is 0 Å². The molecule has 5 nitrogen and oxygen atoms in total. The van der Waals surface area contributed by atoms with E-state index in [0.717, 1.165) is 25.2 Å². The van der Waals surface area contributed by atoms with Crippen LogP contribution >= 0.6 is 11.8 Å². The summed E-state index contributed by atoms with van der Waals surface area (Å²) in [5.74, 6) is 0.342. The van der Waals surface area contributed by atoms with Gasteiger partial charge in [-0.05, 0) is 32.8 Å². The summed E-state index contributed by atoms with van der Waals surface area (Å²) in [7, 11) is 0. The summed E-state index contributed by atoms with van der Waals surface area (Å²) in [6.07, 6.45) is 2.37. The number of carbonyl (C=O) groups excluding carboxylic acids is 1. The van der Waals surface area contributed by atoms with Crippen LogP contribution in [-0.4, -0.2) is 36.0 Å². The van der Waals surface area contributed by atoms with Gasteiger partial charge in [0.05, 0.1) is 29.5 Å². The van der Waals surface area contributed by atoms with Crippen molar-refractivity contribution < 1.29 is 14.3 Å². The number of esters is 1. The zero-order chi connectivity index (χ0) is 15.2. The third-order valence-electron chi connectivity index (χ3n) is 3.22. The molecule has 1 unspecified atom stereocenters. The maximum Gasteiger partial charge on any atom is 0.340 e. The smallest absolute Gasteiger partial charge is 0.340 e. The molecule has 1 aliphatic rings. The van der Waals surface area contributed by atoms with Crippen molar-refractivity contribution in [3.8, 4) is 6.07 Å². The van der Waals surface area contributed by atoms with Gasteiger partial charge in [-0.2, -0.15) is 5.26 Å². The van der Waals surface area contributed by atoms with Gasteiger partial charge in [-0.3, -0.25) is 0 Å². The first-order valence-electron chi connectivity index (χ1n) is 6.99. The first-order chi connectivity index (χ1) is 10.2. The highest BCUT2D eigenvalue weighted by molar-refractivity contribution is 7.99. The summed E-state index contributed by atoms with van der Waals surface area (Å²) in [6.45, 7) is 4.61. The molecule has 21 heavy (non-hydrogen) atoms. The fourth-order valence-corrected chi connectivity index (χ4v) is 3.20. The van der Waals surface area contributed by atoms with Crippen LogP contribution in [-0.2, 0) is 9.47 Å².